The normalized spacial score (nSPS) is 11.4. The van der Waals surface area contributed by atoms with Crippen LogP contribution in [0.4, 0.5) is 0 Å². The first-order valence-corrected chi connectivity index (χ1v) is 4.94. The molecule has 0 unspecified atom stereocenters. The van der Waals surface area contributed by atoms with Crippen LogP contribution in [-0.2, 0) is 0 Å². The third-order valence-corrected chi connectivity index (χ3v) is 2.23. The Bertz CT molecular complexity index is 438. The Labute approximate surface area is 90.9 Å². The molecular weight excluding hydrogens is 180 g/mol. The van der Waals surface area contributed by atoms with Crippen LogP contribution in [0.15, 0.2) is 60.7 Å². The van der Waals surface area contributed by atoms with Gasteiger partial charge >= 0.3 is 0 Å². The van der Waals surface area contributed by atoms with E-state index in [-0.39, 0.29) is 0 Å². The van der Waals surface area contributed by atoms with E-state index < -0.39 is 0 Å². The quantitative estimate of drug-likeness (QED) is 0.632. The third kappa shape index (κ3) is 2.57. The van der Waals surface area contributed by atoms with Gasteiger partial charge in [0.05, 0.1) is 0 Å². The van der Waals surface area contributed by atoms with Crippen molar-refractivity contribution in [1.82, 2.24) is 0 Å². The van der Waals surface area contributed by atoms with Gasteiger partial charge in [-0.15, -0.1) is 0 Å². The molecule has 0 nitrogen and oxygen atoms in total. The van der Waals surface area contributed by atoms with Crippen molar-refractivity contribution in [3.63, 3.8) is 0 Å². The molecule has 0 bridgehead atoms. The molecule has 0 aliphatic carbocycles. The summed E-state index contributed by atoms with van der Waals surface area (Å²) in [6.07, 6.45) is 1.98. The number of hydrogen-bond acceptors (Lipinski definition) is 0. The molecule has 2 aromatic rings. The summed E-state index contributed by atoms with van der Waals surface area (Å²) >= 11 is 0. The number of rotatable bonds is 2. The van der Waals surface area contributed by atoms with Crippen LogP contribution < -0.4 is 0 Å². The van der Waals surface area contributed by atoms with Crippen LogP contribution in [0.3, 0.4) is 0 Å². The van der Waals surface area contributed by atoms with Gasteiger partial charge in [-0.1, -0.05) is 66.7 Å². The summed E-state index contributed by atoms with van der Waals surface area (Å²) in [6, 6.07) is 20.1. The molecule has 0 saturated carbocycles. The lowest BCUT2D eigenvalue weighted by Crippen LogP contribution is -1.78. The summed E-state index contributed by atoms with van der Waals surface area (Å²) in [5, 5.41) is 0. The summed E-state index contributed by atoms with van der Waals surface area (Å²) in [4.78, 5) is 0. The minimum atomic E-state index is 0.793. The van der Waals surface area contributed by atoms with Crippen molar-refractivity contribution < 1.29 is 0 Å². The Morgan fingerprint density at radius 2 is 1.33 bits per heavy atom. The molecule has 2 aromatic carbocycles. The summed E-state index contributed by atoms with van der Waals surface area (Å²) in [7, 11) is 0. The van der Waals surface area contributed by atoms with Gasteiger partial charge in [0.1, 0.15) is 0 Å². The smallest absolute Gasteiger partial charge is 0.000545 e. The van der Waals surface area contributed by atoms with Crippen molar-refractivity contribution in [3.8, 4) is 0 Å². The van der Waals surface area contributed by atoms with E-state index in [1.54, 1.807) is 0 Å². The van der Waals surface area contributed by atoms with Gasteiger partial charge in [-0.25, -0.2) is 0 Å². The van der Waals surface area contributed by atoms with Crippen LogP contribution in [0.1, 0.15) is 11.1 Å². The van der Waals surface area contributed by atoms with E-state index >= 15 is 0 Å². The second kappa shape index (κ2) is 4.61. The minimum Gasteiger partial charge on any atom is -0.0622 e. The predicted octanol–water partition coefficient (Wildman–Crippen LogP) is 3.94. The Hall–Kier alpha value is -1.82. The zero-order valence-electron chi connectivity index (χ0n) is 8.43. The van der Waals surface area contributed by atoms with Gasteiger partial charge in [-0.2, -0.15) is 0 Å². The van der Waals surface area contributed by atoms with Crippen LogP contribution in [0.2, 0.25) is 0 Å². The Morgan fingerprint density at radius 3 is 1.93 bits per heavy atom. The molecule has 0 aromatic heterocycles. The molecule has 72 valence electrons. The topological polar surface area (TPSA) is 0 Å². The number of benzene rings is 2. The van der Waals surface area contributed by atoms with Gasteiger partial charge in [0.15, 0.2) is 0 Å². The van der Waals surface area contributed by atoms with Gasteiger partial charge in [0.2, 0.25) is 0 Å². The van der Waals surface area contributed by atoms with Crippen molar-refractivity contribution in [3.05, 3.63) is 78.7 Å². The Morgan fingerprint density at radius 1 is 0.800 bits per heavy atom. The molecule has 0 N–H and O–H groups in total. The zero-order chi connectivity index (χ0) is 10.5. The van der Waals surface area contributed by atoms with E-state index in [0.29, 0.717) is 0 Å². The molecule has 2 rings (SSSR count). The van der Waals surface area contributed by atoms with Crippen molar-refractivity contribution >= 4 is 11.6 Å². The van der Waals surface area contributed by atoms with E-state index in [0.717, 1.165) is 16.7 Å². The average Bonchev–Trinajstić information content (AvgIpc) is 2.31. The second-order valence-corrected chi connectivity index (χ2v) is 3.38. The zero-order valence-corrected chi connectivity index (χ0v) is 8.43. The lowest BCUT2D eigenvalue weighted by atomic mass is 10.0. The molecule has 0 atom stereocenters. The van der Waals surface area contributed by atoms with Gasteiger partial charge in [-0.3, -0.25) is 0 Å². The maximum absolute atomic E-state index is 5.99. The van der Waals surface area contributed by atoms with Gasteiger partial charge < -0.3 is 0 Å². The summed E-state index contributed by atoms with van der Waals surface area (Å²) in [5.41, 5.74) is 2.97. The molecule has 0 fully saturated rings. The fraction of sp³-hybridized carbons (Fsp3) is 0. The maximum atomic E-state index is 5.99. The van der Waals surface area contributed by atoms with Crippen LogP contribution in [0, 0.1) is 6.92 Å². The number of hydrogen-bond donors (Lipinski definition) is 0. The van der Waals surface area contributed by atoms with Crippen LogP contribution in [-0.4, -0.2) is 0 Å². The highest BCUT2D eigenvalue weighted by Crippen LogP contribution is 2.16. The van der Waals surface area contributed by atoms with E-state index in [2.05, 4.69) is 0 Å². The van der Waals surface area contributed by atoms with Crippen molar-refractivity contribution in [2.75, 3.05) is 0 Å². The number of allylic oxidation sites excluding steroid dienone is 1. The molecule has 0 heteroatoms. The average molecular weight is 192 g/mol. The summed E-state index contributed by atoms with van der Waals surface area (Å²) in [5.74, 6) is 0. The lowest BCUT2D eigenvalue weighted by molar-refractivity contribution is 1.62. The molecule has 0 amide bonds. The van der Waals surface area contributed by atoms with E-state index in [4.69, 9.17) is 6.92 Å². The second-order valence-electron chi connectivity index (χ2n) is 3.38. The molecule has 0 spiro atoms. The first kappa shape index (κ1) is 9.72. The molecule has 15 heavy (non-hydrogen) atoms. The summed E-state index contributed by atoms with van der Waals surface area (Å²) in [6.45, 7) is 5.99. The molecule has 0 saturated heterocycles. The SMILES string of the molecule is [CH]C(=Cc1ccccc1)c1ccccc1. The first-order chi connectivity index (χ1) is 7.36. The Balaban J connectivity index is 2.29. The molecule has 2 radical (unpaired) electrons. The molecule has 0 aliphatic heterocycles. The predicted molar refractivity (Wildman–Crippen MR) is 65.1 cm³/mol. The third-order valence-electron chi connectivity index (χ3n) is 2.23. The lowest BCUT2D eigenvalue weighted by Gasteiger charge is -2.00. The van der Waals surface area contributed by atoms with Crippen LogP contribution in [0.5, 0.6) is 0 Å². The van der Waals surface area contributed by atoms with E-state index in [1.165, 1.54) is 0 Å². The highest BCUT2D eigenvalue weighted by Gasteiger charge is 1.94. The van der Waals surface area contributed by atoms with Gasteiger partial charge in [0, 0.05) is 0 Å². The molecule has 0 heterocycles. The highest BCUT2D eigenvalue weighted by atomic mass is 14.0. The Kier molecular flexibility index (Phi) is 2.99. The maximum Gasteiger partial charge on any atom is -0.000545 e. The summed E-state index contributed by atoms with van der Waals surface area (Å²) < 4.78 is 0. The van der Waals surface area contributed by atoms with E-state index in [9.17, 15) is 0 Å². The van der Waals surface area contributed by atoms with Gasteiger partial charge in [-0.05, 0) is 23.6 Å². The molecular formula is C15H12. The van der Waals surface area contributed by atoms with Crippen LogP contribution >= 0.6 is 0 Å². The van der Waals surface area contributed by atoms with Crippen molar-refractivity contribution in [1.29, 1.82) is 0 Å². The fourth-order valence-corrected chi connectivity index (χ4v) is 1.44. The first-order valence-electron chi connectivity index (χ1n) is 4.94. The minimum absolute atomic E-state index is 0.793. The van der Waals surface area contributed by atoms with E-state index in [1.807, 2.05) is 66.7 Å². The monoisotopic (exact) mass is 192 g/mol. The largest absolute Gasteiger partial charge is 0.0622 e. The van der Waals surface area contributed by atoms with Crippen molar-refractivity contribution in [2.24, 2.45) is 0 Å². The van der Waals surface area contributed by atoms with Crippen molar-refractivity contribution in [2.45, 2.75) is 0 Å². The standard InChI is InChI=1S/C15H12/c1-13(15-10-6-3-7-11-15)12-14-8-4-2-5-9-14/h1-12H. The van der Waals surface area contributed by atoms with Gasteiger partial charge in [0.25, 0.3) is 0 Å². The van der Waals surface area contributed by atoms with Crippen LogP contribution in [0.25, 0.3) is 11.6 Å². The molecule has 0 aliphatic rings. The fourth-order valence-electron chi connectivity index (χ4n) is 1.44. The highest BCUT2D eigenvalue weighted by molar-refractivity contribution is 5.83.